The highest BCUT2D eigenvalue weighted by Crippen LogP contribution is 2.19. The van der Waals surface area contributed by atoms with E-state index in [2.05, 4.69) is 44.0 Å². The lowest BCUT2D eigenvalue weighted by Gasteiger charge is -2.29. The van der Waals surface area contributed by atoms with Gasteiger partial charge in [0.15, 0.2) is 0 Å². The Balaban J connectivity index is 1.80. The fraction of sp³-hybridized carbons (Fsp3) is 0.750. The molecule has 0 unspecified atom stereocenters. The minimum Gasteiger partial charge on any atom is -0.468 e. The summed E-state index contributed by atoms with van der Waals surface area (Å²) in [5.74, 6) is 1.99. The van der Waals surface area contributed by atoms with Crippen LogP contribution in [0.1, 0.15) is 51.9 Å². The number of hydrogen-bond acceptors (Lipinski definition) is 3. The topological polar surface area (TPSA) is 28.4 Å². The van der Waals surface area contributed by atoms with Crippen molar-refractivity contribution < 1.29 is 4.42 Å². The predicted molar refractivity (Wildman–Crippen MR) is 79.0 cm³/mol. The summed E-state index contributed by atoms with van der Waals surface area (Å²) < 4.78 is 5.68. The van der Waals surface area contributed by atoms with Crippen molar-refractivity contribution in [2.24, 2.45) is 5.92 Å². The second-order valence-electron chi connectivity index (χ2n) is 6.98. The Morgan fingerprint density at radius 3 is 2.63 bits per heavy atom. The van der Waals surface area contributed by atoms with Crippen molar-refractivity contribution in [3.05, 3.63) is 23.7 Å². The largest absolute Gasteiger partial charge is 0.468 e. The van der Waals surface area contributed by atoms with Crippen molar-refractivity contribution in [1.29, 1.82) is 0 Å². The first-order valence-corrected chi connectivity index (χ1v) is 7.46. The standard InChI is InChI=1S/C16H28N2O/c1-13-5-7-18(8-6-13)11-15-9-14(12-19-15)10-17-16(2,3)4/h9,12-13,17H,5-8,10-11H2,1-4H3. The van der Waals surface area contributed by atoms with Crippen LogP contribution in [0.4, 0.5) is 0 Å². The van der Waals surface area contributed by atoms with Crippen LogP contribution in [0.25, 0.3) is 0 Å². The maximum Gasteiger partial charge on any atom is 0.118 e. The third-order valence-corrected chi connectivity index (χ3v) is 3.79. The van der Waals surface area contributed by atoms with Crippen molar-refractivity contribution in [2.45, 2.75) is 59.2 Å². The van der Waals surface area contributed by atoms with Crippen LogP contribution in [-0.2, 0) is 13.1 Å². The molecule has 19 heavy (non-hydrogen) atoms. The molecule has 0 atom stereocenters. The third kappa shape index (κ3) is 5.00. The van der Waals surface area contributed by atoms with Gasteiger partial charge in [-0.05, 0) is 58.7 Å². The second-order valence-corrected chi connectivity index (χ2v) is 6.98. The van der Waals surface area contributed by atoms with E-state index in [-0.39, 0.29) is 5.54 Å². The first-order chi connectivity index (χ1) is 8.92. The van der Waals surface area contributed by atoms with Gasteiger partial charge in [-0.3, -0.25) is 4.90 Å². The first kappa shape index (κ1) is 14.6. The Bertz CT molecular complexity index is 384. The molecule has 3 nitrogen and oxygen atoms in total. The Morgan fingerprint density at radius 1 is 1.32 bits per heavy atom. The number of nitrogens with one attached hydrogen (secondary N) is 1. The Labute approximate surface area is 117 Å². The van der Waals surface area contributed by atoms with Gasteiger partial charge in [0.05, 0.1) is 12.8 Å². The Morgan fingerprint density at radius 2 is 2.00 bits per heavy atom. The van der Waals surface area contributed by atoms with Gasteiger partial charge in [0.2, 0.25) is 0 Å². The molecule has 1 N–H and O–H groups in total. The van der Waals surface area contributed by atoms with Gasteiger partial charge in [-0.25, -0.2) is 0 Å². The highest BCUT2D eigenvalue weighted by Gasteiger charge is 2.17. The molecule has 0 aromatic carbocycles. The molecule has 1 aliphatic heterocycles. The van der Waals surface area contributed by atoms with Gasteiger partial charge in [-0.2, -0.15) is 0 Å². The van der Waals surface area contributed by atoms with E-state index in [1.54, 1.807) is 0 Å². The molecule has 1 aliphatic rings. The summed E-state index contributed by atoms with van der Waals surface area (Å²) in [4.78, 5) is 2.50. The van der Waals surface area contributed by atoms with Gasteiger partial charge in [0.25, 0.3) is 0 Å². The molecule has 0 saturated carbocycles. The molecule has 1 aromatic rings. The number of rotatable bonds is 4. The van der Waals surface area contributed by atoms with E-state index in [9.17, 15) is 0 Å². The quantitative estimate of drug-likeness (QED) is 0.903. The number of likely N-dealkylation sites (tertiary alicyclic amines) is 1. The molecule has 108 valence electrons. The molecule has 3 heteroatoms. The lowest BCUT2D eigenvalue weighted by Crippen LogP contribution is -2.34. The lowest BCUT2D eigenvalue weighted by atomic mass is 9.99. The zero-order valence-electron chi connectivity index (χ0n) is 12.8. The second kappa shape index (κ2) is 6.10. The smallest absolute Gasteiger partial charge is 0.118 e. The molecule has 1 fully saturated rings. The predicted octanol–water partition coefficient (Wildman–Crippen LogP) is 3.40. The maximum atomic E-state index is 5.68. The van der Waals surface area contributed by atoms with Crippen LogP contribution in [0.5, 0.6) is 0 Å². The van der Waals surface area contributed by atoms with Gasteiger partial charge >= 0.3 is 0 Å². The number of nitrogens with zero attached hydrogens (tertiary/aromatic N) is 1. The Kier molecular flexibility index (Phi) is 4.69. The van der Waals surface area contributed by atoms with Crippen LogP contribution in [0.2, 0.25) is 0 Å². The molecule has 0 aliphatic carbocycles. The number of furan rings is 1. The molecular formula is C16H28N2O. The average molecular weight is 264 g/mol. The van der Waals surface area contributed by atoms with E-state index >= 15 is 0 Å². The molecule has 2 heterocycles. The zero-order valence-corrected chi connectivity index (χ0v) is 12.8. The van der Waals surface area contributed by atoms with Gasteiger partial charge in [0.1, 0.15) is 5.76 Å². The van der Waals surface area contributed by atoms with Gasteiger partial charge in [0, 0.05) is 17.6 Å². The minimum absolute atomic E-state index is 0.153. The summed E-state index contributed by atoms with van der Waals surface area (Å²) >= 11 is 0. The molecule has 0 radical (unpaired) electrons. The normalized spacial score (nSPS) is 18.9. The van der Waals surface area contributed by atoms with E-state index < -0.39 is 0 Å². The van der Waals surface area contributed by atoms with Crippen LogP contribution in [0.3, 0.4) is 0 Å². The minimum atomic E-state index is 0.153. The lowest BCUT2D eigenvalue weighted by molar-refractivity contribution is 0.173. The highest BCUT2D eigenvalue weighted by atomic mass is 16.3. The average Bonchev–Trinajstić information content (AvgIpc) is 2.77. The molecular weight excluding hydrogens is 236 g/mol. The van der Waals surface area contributed by atoms with Crippen molar-refractivity contribution in [3.63, 3.8) is 0 Å². The molecule has 0 spiro atoms. The van der Waals surface area contributed by atoms with E-state index in [1.165, 1.54) is 31.5 Å². The Hall–Kier alpha value is -0.800. The number of piperidine rings is 1. The molecule has 0 bridgehead atoms. The molecule has 0 amide bonds. The summed E-state index contributed by atoms with van der Waals surface area (Å²) in [7, 11) is 0. The highest BCUT2D eigenvalue weighted by molar-refractivity contribution is 5.13. The third-order valence-electron chi connectivity index (χ3n) is 3.79. The van der Waals surface area contributed by atoms with Crippen LogP contribution in [-0.4, -0.2) is 23.5 Å². The SMILES string of the molecule is CC1CCN(Cc2cc(CNC(C)(C)C)co2)CC1. The summed E-state index contributed by atoms with van der Waals surface area (Å²) in [6.45, 7) is 13.1. The fourth-order valence-electron chi connectivity index (χ4n) is 2.41. The zero-order chi connectivity index (χ0) is 13.9. The van der Waals surface area contributed by atoms with E-state index in [1.807, 2.05) is 6.26 Å². The number of hydrogen-bond donors (Lipinski definition) is 1. The van der Waals surface area contributed by atoms with Crippen molar-refractivity contribution in [2.75, 3.05) is 13.1 Å². The summed E-state index contributed by atoms with van der Waals surface area (Å²) in [6.07, 6.45) is 4.53. The van der Waals surface area contributed by atoms with E-state index in [4.69, 9.17) is 4.42 Å². The molecule has 1 saturated heterocycles. The van der Waals surface area contributed by atoms with Crippen molar-refractivity contribution in [1.82, 2.24) is 10.2 Å². The van der Waals surface area contributed by atoms with E-state index in [0.29, 0.717) is 0 Å². The van der Waals surface area contributed by atoms with Crippen LogP contribution in [0, 0.1) is 5.92 Å². The summed E-state index contributed by atoms with van der Waals surface area (Å²) in [6, 6.07) is 2.19. The monoisotopic (exact) mass is 264 g/mol. The van der Waals surface area contributed by atoms with Gasteiger partial charge < -0.3 is 9.73 Å². The summed E-state index contributed by atoms with van der Waals surface area (Å²) in [5.41, 5.74) is 1.40. The van der Waals surface area contributed by atoms with E-state index in [0.717, 1.165) is 24.8 Å². The summed E-state index contributed by atoms with van der Waals surface area (Å²) in [5, 5.41) is 3.49. The van der Waals surface area contributed by atoms with Gasteiger partial charge in [-0.1, -0.05) is 6.92 Å². The van der Waals surface area contributed by atoms with Gasteiger partial charge in [-0.15, -0.1) is 0 Å². The van der Waals surface area contributed by atoms with Crippen molar-refractivity contribution >= 4 is 0 Å². The van der Waals surface area contributed by atoms with Crippen molar-refractivity contribution in [3.8, 4) is 0 Å². The first-order valence-electron chi connectivity index (χ1n) is 7.46. The fourth-order valence-corrected chi connectivity index (χ4v) is 2.41. The maximum absolute atomic E-state index is 5.68. The molecule has 1 aromatic heterocycles. The van der Waals surface area contributed by atoms with Crippen LogP contribution in [0.15, 0.2) is 16.7 Å². The van der Waals surface area contributed by atoms with Crippen LogP contribution < -0.4 is 5.32 Å². The molecule has 2 rings (SSSR count). The van der Waals surface area contributed by atoms with Crippen LogP contribution >= 0.6 is 0 Å².